The molecule has 0 aromatic heterocycles. The minimum Gasteiger partial charge on any atom is -0.493 e. The molecule has 0 bridgehead atoms. The maximum Gasteiger partial charge on any atom is 0.162 e. The lowest BCUT2D eigenvalue weighted by atomic mass is 9.90. The van der Waals surface area contributed by atoms with Gasteiger partial charge < -0.3 is 10.5 Å². The van der Waals surface area contributed by atoms with Gasteiger partial charge in [-0.25, -0.2) is 0 Å². The number of ether oxygens (including phenoxy) is 1. The van der Waals surface area contributed by atoms with Gasteiger partial charge in [0.15, 0.2) is 5.78 Å². The van der Waals surface area contributed by atoms with Gasteiger partial charge in [0.2, 0.25) is 0 Å². The van der Waals surface area contributed by atoms with Crippen LogP contribution in [0.1, 0.15) is 49.4 Å². The number of nitrogen functional groups attached to an aromatic ring is 1. The van der Waals surface area contributed by atoms with Crippen LogP contribution in [0.2, 0.25) is 0 Å². The number of anilines is 1. The lowest BCUT2D eigenvalue weighted by Gasteiger charge is -2.21. The Labute approximate surface area is 108 Å². The highest BCUT2D eigenvalue weighted by molar-refractivity contribution is 5.99. The summed E-state index contributed by atoms with van der Waals surface area (Å²) in [4.78, 5) is 11.4. The van der Waals surface area contributed by atoms with E-state index >= 15 is 0 Å². The van der Waals surface area contributed by atoms with E-state index in [1.54, 1.807) is 12.1 Å². The number of hydrogen-bond acceptors (Lipinski definition) is 3. The van der Waals surface area contributed by atoms with Crippen LogP contribution < -0.4 is 10.5 Å². The third-order valence-electron chi connectivity index (χ3n) is 3.61. The van der Waals surface area contributed by atoms with Gasteiger partial charge >= 0.3 is 0 Å². The normalized spacial score (nSPS) is 16.5. The van der Waals surface area contributed by atoms with Crippen LogP contribution in [0.25, 0.3) is 0 Å². The molecule has 0 saturated heterocycles. The first-order chi connectivity index (χ1) is 8.66. The summed E-state index contributed by atoms with van der Waals surface area (Å²) in [7, 11) is 0. The average Bonchev–Trinajstić information content (AvgIpc) is 2.38. The molecule has 2 rings (SSSR count). The molecule has 3 heteroatoms. The first-order valence-corrected chi connectivity index (χ1v) is 6.70. The van der Waals surface area contributed by atoms with Crippen molar-refractivity contribution < 1.29 is 9.53 Å². The van der Waals surface area contributed by atoms with Gasteiger partial charge in [0.05, 0.1) is 6.61 Å². The zero-order valence-electron chi connectivity index (χ0n) is 10.9. The van der Waals surface area contributed by atoms with E-state index in [-0.39, 0.29) is 5.78 Å². The molecule has 0 atom stereocenters. The molecule has 1 fully saturated rings. The number of carbonyl (C=O) groups excluding carboxylic acids is 1. The van der Waals surface area contributed by atoms with Crippen molar-refractivity contribution in [3.8, 4) is 5.75 Å². The molecule has 3 nitrogen and oxygen atoms in total. The highest BCUT2D eigenvalue weighted by Crippen LogP contribution is 2.26. The van der Waals surface area contributed by atoms with E-state index in [2.05, 4.69) is 0 Å². The highest BCUT2D eigenvalue weighted by Gasteiger charge is 2.14. The van der Waals surface area contributed by atoms with Crippen molar-refractivity contribution in [1.29, 1.82) is 0 Å². The maximum absolute atomic E-state index is 11.4. The van der Waals surface area contributed by atoms with Crippen molar-refractivity contribution in [3.63, 3.8) is 0 Å². The van der Waals surface area contributed by atoms with Gasteiger partial charge in [-0.1, -0.05) is 19.3 Å². The van der Waals surface area contributed by atoms with Gasteiger partial charge in [-0.3, -0.25) is 4.79 Å². The quantitative estimate of drug-likeness (QED) is 0.655. The van der Waals surface area contributed by atoms with Gasteiger partial charge in [0, 0.05) is 11.3 Å². The van der Waals surface area contributed by atoms with Crippen molar-refractivity contribution in [2.24, 2.45) is 5.92 Å². The number of Topliss-reactive ketones (excluding diaryl/α,β-unsaturated/α-hetero) is 1. The molecule has 0 spiro atoms. The van der Waals surface area contributed by atoms with Crippen molar-refractivity contribution in [2.45, 2.75) is 39.0 Å². The standard InChI is InChI=1S/C15H21NO2/c1-11(17)14-9-13(7-8-15(14)16)18-10-12-5-3-2-4-6-12/h7-9,12H,2-6,10,16H2,1H3. The number of nitrogens with two attached hydrogens (primary N) is 1. The second-order valence-corrected chi connectivity index (χ2v) is 5.12. The average molecular weight is 247 g/mol. The second-order valence-electron chi connectivity index (χ2n) is 5.12. The Morgan fingerprint density at radius 3 is 2.72 bits per heavy atom. The summed E-state index contributed by atoms with van der Waals surface area (Å²) in [6.07, 6.45) is 6.50. The topological polar surface area (TPSA) is 52.3 Å². The van der Waals surface area contributed by atoms with Crippen molar-refractivity contribution in [2.75, 3.05) is 12.3 Å². The summed E-state index contributed by atoms with van der Waals surface area (Å²) in [5, 5.41) is 0. The Bertz CT molecular complexity index is 423. The third kappa shape index (κ3) is 3.25. The third-order valence-corrected chi connectivity index (χ3v) is 3.61. The summed E-state index contributed by atoms with van der Waals surface area (Å²) in [6.45, 7) is 2.28. The lowest BCUT2D eigenvalue weighted by molar-refractivity contribution is 0.101. The molecule has 1 aromatic rings. The van der Waals surface area contributed by atoms with Gasteiger partial charge in [-0.05, 0) is 43.9 Å². The van der Waals surface area contributed by atoms with Gasteiger partial charge in [-0.2, -0.15) is 0 Å². The number of benzene rings is 1. The van der Waals surface area contributed by atoms with E-state index in [1.165, 1.54) is 39.0 Å². The largest absolute Gasteiger partial charge is 0.493 e. The summed E-state index contributed by atoms with van der Waals surface area (Å²) < 4.78 is 5.78. The fraction of sp³-hybridized carbons (Fsp3) is 0.533. The summed E-state index contributed by atoms with van der Waals surface area (Å²) in [5.74, 6) is 1.40. The molecule has 1 aliphatic rings. The molecule has 1 aromatic carbocycles. The molecular formula is C15H21NO2. The molecule has 18 heavy (non-hydrogen) atoms. The van der Waals surface area contributed by atoms with E-state index in [0.717, 1.165) is 12.4 Å². The molecule has 0 heterocycles. The molecule has 0 aliphatic heterocycles. The first-order valence-electron chi connectivity index (χ1n) is 6.70. The van der Waals surface area contributed by atoms with Crippen molar-refractivity contribution in [1.82, 2.24) is 0 Å². The number of rotatable bonds is 4. The zero-order valence-corrected chi connectivity index (χ0v) is 10.9. The lowest BCUT2D eigenvalue weighted by Crippen LogP contribution is -2.15. The first kappa shape index (κ1) is 12.9. The molecule has 0 amide bonds. The van der Waals surface area contributed by atoms with Crippen LogP contribution in [0.15, 0.2) is 18.2 Å². The summed E-state index contributed by atoms with van der Waals surface area (Å²) >= 11 is 0. The predicted octanol–water partition coefficient (Wildman–Crippen LogP) is 3.43. The SMILES string of the molecule is CC(=O)c1cc(OCC2CCCCC2)ccc1N. The van der Waals surface area contributed by atoms with E-state index in [0.29, 0.717) is 17.2 Å². The van der Waals surface area contributed by atoms with E-state index in [4.69, 9.17) is 10.5 Å². The Morgan fingerprint density at radius 2 is 2.06 bits per heavy atom. The molecule has 1 saturated carbocycles. The van der Waals surface area contributed by atoms with E-state index < -0.39 is 0 Å². The monoisotopic (exact) mass is 247 g/mol. The highest BCUT2D eigenvalue weighted by atomic mass is 16.5. The number of hydrogen-bond donors (Lipinski definition) is 1. The van der Waals surface area contributed by atoms with Crippen molar-refractivity contribution >= 4 is 11.5 Å². The van der Waals surface area contributed by atoms with Gasteiger partial charge in [0.25, 0.3) is 0 Å². The fourth-order valence-electron chi connectivity index (χ4n) is 2.50. The Hall–Kier alpha value is -1.51. The van der Waals surface area contributed by atoms with Crippen LogP contribution >= 0.6 is 0 Å². The molecule has 0 radical (unpaired) electrons. The van der Waals surface area contributed by atoms with E-state index in [1.807, 2.05) is 6.07 Å². The Kier molecular flexibility index (Phi) is 4.24. The summed E-state index contributed by atoms with van der Waals surface area (Å²) in [5.41, 5.74) is 6.83. The Balaban J connectivity index is 1.96. The zero-order chi connectivity index (χ0) is 13.0. The van der Waals surface area contributed by atoms with Crippen molar-refractivity contribution in [3.05, 3.63) is 23.8 Å². The minimum atomic E-state index is -0.0179. The molecule has 2 N–H and O–H groups in total. The number of carbonyl (C=O) groups is 1. The van der Waals surface area contributed by atoms with Crippen LogP contribution in [0.5, 0.6) is 5.75 Å². The van der Waals surface area contributed by atoms with Crippen LogP contribution in [-0.2, 0) is 0 Å². The molecule has 1 aliphatic carbocycles. The van der Waals surface area contributed by atoms with Crippen LogP contribution in [-0.4, -0.2) is 12.4 Å². The number of ketones is 1. The predicted molar refractivity (Wildman–Crippen MR) is 72.9 cm³/mol. The van der Waals surface area contributed by atoms with Crippen LogP contribution in [0.4, 0.5) is 5.69 Å². The second kappa shape index (κ2) is 5.89. The minimum absolute atomic E-state index is 0.0179. The van der Waals surface area contributed by atoms with Gasteiger partial charge in [-0.15, -0.1) is 0 Å². The molecular weight excluding hydrogens is 226 g/mol. The fourth-order valence-corrected chi connectivity index (χ4v) is 2.50. The molecule has 98 valence electrons. The van der Waals surface area contributed by atoms with Gasteiger partial charge in [0.1, 0.15) is 5.75 Å². The Morgan fingerprint density at radius 1 is 1.33 bits per heavy atom. The molecule has 0 unspecified atom stereocenters. The summed E-state index contributed by atoms with van der Waals surface area (Å²) in [6, 6.07) is 5.33. The van der Waals surface area contributed by atoms with Crippen LogP contribution in [0, 0.1) is 5.92 Å². The van der Waals surface area contributed by atoms with Crippen LogP contribution in [0.3, 0.4) is 0 Å². The smallest absolute Gasteiger partial charge is 0.162 e. The van der Waals surface area contributed by atoms with E-state index in [9.17, 15) is 4.79 Å². The maximum atomic E-state index is 11.4.